The average Bonchev–Trinajstić information content (AvgIpc) is 2.76. The maximum atomic E-state index is 12.1. The van der Waals surface area contributed by atoms with Crippen molar-refractivity contribution >= 4 is 11.8 Å². The Morgan fingerprint density at radius 2 is 1.71 bits per heavy atom. The van der Waals surface area contributed by atoms with Crippen molar-refractivity contribution in [3.63, 3.8) is 0 Å². The van der Waals surface area contributed by atoms with E-state index < -0.39 is 18.4 Å². The number of ether oxygens (including phenoxy) is 1. The highest BCUT2D eigenvalue weighted by molar-refractivity contribution is 8.00. The van der Waals surface area contributed by atoms with E-state index in [1.54, 1.807) is 12.1 Å². The molecule has 1 aromatic rings. The van der Waals surface area contributed by atoms with Gasteiger partial charge in [-0.25, -0.2) is 0 Å². The van der Waals surface area contributed by atoms with Gasteiger partial charge in [0.1, 0.15) is 5.75 Å². The Labute approximate surface area is 125 Å². The van der Waals surface area contributed by atoms with E-state index in [2.05, 4.69) is 4.74 Å². The number of hydrogen-bond donors (Lipinski definition) is 1. The number of benzene rings is 1. The molecule has 0 aliphatic carbocycles. The fourth-order valence-electron chi connectivity index (χ4n) is 3.18. The molecule has 6 heteroatoms. The average molecular weight is 318 g/mol. The largest absolute Gasteiger partial charge is 0.484 e. The molecule has 0 amide bonds. The molecule has 0 aromatic heterocycles. The van der Waals surface area contributed by atoms with Crippen LogP contribution in [0.3, 0.4) is 0 Å². The predicted octanol–water partition coefficient (Wildman–Crippen LogP) is 3.87. The van der Waals surface area contributed by atoms with E-state index >= 15 is 0 Å². The lowest BCUT2D eigenvalue weighted by Gasteiger charge is -2.36. The molecule has 2 heterocycles. The molecule has 0 saturated carbocycles. The Balaban J connectivity index is 1.69. The van der Waals surface area contributed by atoms with Crippen LogP contribution in [0.2, 0.25) is 0 Å². The minimum absolute atomic E-state index is 0.174. The number of thioether (sulfide) groups is 1. The SMILES string of the molecule is OC1(c2ccc(OCC(F)(F)F)cc2)CC2CCC(C1)S2. The molecule has 0 radical (unpaired) electrons. The van der Waals surface area contributed by atoms with Crippen molar-refractivity contribution in [3.05, 3.63) is 29.8 Å². The van der Waals surface area contributed by atoms with Crippen LogP contribution in [-0.2, 0) is 5.60 Å². The predicted molar refractivity (Wildman–Crippen MR) is 75.5 cm³/mol. The van der Waals surface area contributed by atoms with Gasteiger partial charge in [-0.15, -0.1) is 0 Å². The monoisotopic (exact) mass is 318 g/mol. The molecule has 2 nitrogen and oxygen atoms in total. The van der Waals surface area contributed by atoms with Crippen molar-refractivity contribution in [2.24, 2.45) is 0 Å². The maximum Gasteiger partial charge on any atom is 0.422 e. The summed E-state index contributed by atoms with van der Waals surface area (Å²) in [6.07, 6.45) is -0.612. The molecule has 1 N–H and O–H groups in total. The second-order valence-corrected chi connectivity index (χ2v) is 7.43. The number of hydrogen-bond acceptors (Lipinski definition) is 3. The lowest BCUT2D eigenvalue weighted by atomic mass is 9.86. The summed E-state index contributed by atoms with van der Waals surface area (Å²) in [7, 11) is 0. The smallest absolute Gasteiger partial charge is 0.422 e. The first kappa shape index (κ1) is 15.0. The summed E-state index contributed by atoms with van der Waals surface area (Å²) >= 11 is 1.95. The van der Waals surface area contributed by atoms with Crippen LogP contribution in [-0.4, -0.2) is 28.4 Å². The van der Waals surface area contributed by atoms with Gasteiger partial charge in [-0.1, -0.05) is 12.1 Å². The molecule has 2 atom stereocenters. The summed E-state index contributed by atoms with van der Waals surface area (Å²) < 4.78 is 41.0. The number of alkyl halides is 3. The van der Waals surface area contributed by atoms with Gasteiger partial charge in [0.25, 0.3) is 0 Å². The molecular formula is C15H17F3O2S. The van der Waals surface area contributed by atoms with Crippen LogP contribution in [0.4, 0.5) is 13.2 Å². The zero-order chi connectivity index (χ0) is 15.1. The molecule has 21 heavy (non-hydrogen) atoms. The fourth-order valence-corrected chi connectivity index (χ4v) is 5.01. The Morgan fingerprint density at radius 1 is 1.14 bits per heavy atom. The molecule has 1 aromatic carbocycles. The molecule has 2 aliphatic heterocycles. The summed E-state index contributed by atoms with van der Waals surface area (Å²) in [6, 6.07) is 6.37. The molecule has 2 unspecified atom stereocenters. The van der Waals surface area contributed by atoms with Gasteiger partial charge in [-0.3, -0.25) is 0 Å². The molecule has 3 rings (SSSR count). The number of aliphatic hydroxyl groups is 1. The van der Waals surface area contributed by atoms with E-state index in [1.807, 2.05) is 11.8 Å². The van der Waals surface area contributed by atoms with Gasteiger partial charge < -0.3 is 9.84 Å². The van der Waals surface area contributed by atoms with E-state index in [0.29, 0.717) is 10.5 Å². The van der Waals surface area contributed by atoms with Crippen LogP contribution < -0.4 is 4.74 Å². The first-order chi connectivity index (χ1) is 9.84. The summed E-state index contributed by atoms with van der Waals surface area (Å²) in [5.74, 6) is 0.174. The van der Waals surface area contributed by atoms with E-state index in [-0.39, 0.29) is 5.75 Å². The van der Waals surface area contributed by atoms with E-state index in [9.17, 15) is 18.3 Å². The maximum absolute atomic E-state index is 12.1. The van der Waals surface area contributed by atoms with Crippen LogP contribution in [0.15, 0.2) is 24.3 Å². The van der Waals surface area contributed by atoms with Gasteiger partial charge in [-0.05, 0) is 43.4 Å². The van der Waals surface area contributed by atoms with E-state index in [0.717, 1.165) is 31.2 Å². The van der Waals surface area contributed by atoms with Crippen LogP contribution in [0, 0.1) is 0 Å². The summed E-state index contributed by atoms with van der Waals surface area (Å²) in [4.78, 5) is 0. The third-order valence-corrected chi connectivity index (χ3v) is 5.69. The molecular weight excluding hydrogens is 301 g/mol. The number of fused-ring (bicyclic) bond motifs is 2. The van der Waals surface area contributed by atoms with Gasteiger partial charge >= 0.3 is 6.18 Å². The van der Waals surface area contributed by atoms with Gasteiger partial charge in [-0.2, -0.15) is 24.9 Å². The van der Waals surface area contributed by atoms with E-state index in [1.165, 1.54) is 12.1 Å². The first-order valence-electron chi connectivity index (χ1n) is 7.02. The highest BCUT2D eigenvalue weighted by Gasteiger charge is 2.44. The highest BCUT2D eigenvalue weighted by Crippen LogP contribution is 2.51. The standard InChI is InChI=1S/C15H17F3O2S/c16-15(17,18)9-20-11-3-1-10(2-4-11)14(19)7-12-5-6-13(8-14)21-12/h1-4,12-13,19H,5-9H2. The lowest BCUT2D eigenvalue weighted by Crippen LogP contribution is -2.34. The molecule has 2 bridgehead atoms. The molecule has 0 spiro atoms. The van der Waals surface area contributed by atoms with Gasteiger partial charge in [0.15, 0.2) is 6.61 Å². The van der Waals surface area contributed by atoms with Gasteiger partial charge in [0, 0.05) is 10.5 Å². The third-order valence-electron chi connectivity index (χ3n) is 4.12. The Morgan fingerprint density at radius 3 is 2.24 bits per heavy atom. The second-order valence-electron chi connectivity index (χ2n) is 5.83. The van der Waals surface area contributed by atoms with E-state index in [4.69, 9.17) is 0 Å². The number of halogens is 3. The molecule has 2 saturated heterocycles. The summed E-state index contributed by atoms with van der Waals surface area (Å²) in [5.41, 5.74) is -0.0707. The summed E-state index contributed by atoms with van der Waals surface area (Å²) in [5, 5.41) is 11.8. The topological polar surface area (TPSA) is 29.5 Å². The van der Waals surface area contributed by atoms with Crippen molar-refractivity contribution in [3.8, 4) is 5.75 Å². The summed E-state index contributed by atoms with van der Waals surface area (Å²) in [6.45, 7) is -1.29. The van der Waals surface area contributed by atoms with Crippen molar-refractivity contribution in [1.82, 2.24) is 0 Å². The third kappa shape index (κ3) is 3.48. The van der Waals surface area contributed by atoms with Crippen molar-refractivity contribution < 1.29 is 23.0 Å². The van der Waals surface area contributed by atoms with Gasteiger partial charge in [0.05, 0.1) is 5.60 Å². The van der Waals surface area contributed by atoms with Crippen LogP contribution >= 0.6 is 11.8 Å². The number of rotatable bonds is 3. The van der Waals surface area contributed by atoms with Crippen LogP contribution in [0.5, 0.6) is 5.75 Å². The van der Waals surface area contributed by atoms with Gasteiger partial charge in [0.2, 0.25) is 0 Å². The first-order valence-corrected chi connectivity index (χ1v) is 7.96. The quantitative estimate of drug-likeness (QED) is 0.917. The zero-order valence-corrected chi connectivity index (χ0v) is 12.2. The van der Waals surface area contributed by atoms with Crippen LogP contribution in [0.1, 0.15) is 31.2 Å². The Hall–Kier alpha value is -0.880. The Bertz CT molecular complexity index is 489. The molecule has 2 aliphatic rings. The second kappa shape index (κ2) is 5.39. The minimum Gasteiger partial charge on any atom is -0.484 e. The van der Waals surface area contributed by atoms with Crippen molar-refractivity contribution in [2.75, 3.05) is 6.61 Å². The van der Waals surface area contributed by atoms with Crippen molar-refractivity contribution in [1.29, 1.82) is 0 Å². The Kier molecular flexibility index (Phi) is 3.86. The highest BCUT2D eigenvalue weighted by atomic mass is 32.2. The minimum atomic E-state index is -4.34. The lowest BCUT2D eigenvalue weighted by molar-refractivity contribution is -0.153. The fraction of sp³-hybridized carbons (Fsp3) is 0.600. The molecule has 2 fully saturated rings. The van der Waals surface area contributed by atoms with Crippen LogP contribution in [0.25, 0.3) is 0 Å². The zero-order valence-electron chi connectivity index (χ0n) is 11.4. The van der Waals surface area contributed by atoms with Crippen molar-refractivity contribution in [2.45, 2.75) is 48.0 Å². The molecule has 116 valence electrons. The normalized spacial score (nSPS) is 32.2.